The van der Waals surface area contributed by atoms with Gasteiger partial charge in [0, 0.05) is 29.4 Å². The standard InChI is InChI=1S/C23H37F2N7O2/c1-6-20(31-13(2)9-33-10-14(31)3)29-23(32-15(4)11-34-12-16(32)5)30-22(27)18-8-28-19(26)7-17(18)21(24)25/h7-8,13-16,20-21H,6,9-12H2,1-5H3,(H2,26,28)(H2,27,29,30)/t13-,14-,15-,16-,20-/m0/s1. The normalized spacial score (nSPS) is 28.4. The van der Waals surface area contributed by atoms with Crippen LogP contribution in [0.3, 0.4) is 0 Å². The summed E-state index contributed by atoms with van der Waals surface area (Å²) in [6.07, 6.45) is -0.967. The Morgan fingerprint density at radius 3 is 2.18 bits per heavy atom. The minimum Gasteiger partial charge on any atom is -0.384 e. The van der Waals surface area contributed by atoms with Crippen molar-refractivity contribution in [3.05, 3.63) is 23.4 Å². The van der Waals surface area contributed by atoms with E-state index in [2.05, 4.69) is 40.5 Å². The summed E-state index contributed by atoms with van der Waals surface area (Å²) in [5.41, 5.74) is 11.7. The molecule has 5 atom stereocenters. The molecule has 0 radical (unpaired) electrons. The van der Waals surface area contributed by atoms with Gasteiger partial charge in [-0.3, -0.25) is 4.90 Å². The van der Waals surface area contributed by atoms with Crippen LogP contribution >= 0.6 is 0 Å². The quantitative estimate of drug-likeness (QED) is 0.491. The molecule has 9 nitrogen and oxygen atoms in total. The fraction of sp³-hybridized carbons (Fsp3) is 0.696. The molecule has 0 saturated carbocycles. The van der Waals surface area contributed by atoms with E-state index >= 15 is 0 Å². The monoisotopic (exact) mass is 481 g/mol. The Kier molecular flexibility index (Phi) is 8.78. The van der Waals surface area contributed by atoms with Crippen molar-refractivity contribution < 1.29 is 18.3 Å². The maximum atomic E-state index is 13.7. The molecule has 190 valence electrons. The highest BCUT2D eigenvalue weighted by Gasteiger charge is 2.34. The van der Waals surface area contributed by atoms with Crippen LogP contribution in [0.5, 0.6) is 0 Å². The van der Waals surface area contributed by atoms with E-state index in [0.717, 1.165) is 12.5 Å². The van der Waals surface area contributed by atoms with Gasteiger partial charge in [-0.05, 0) is 40.2 Å². The minimum atomic E-state index is -2.77. The van der Waals surface area contributed by atoms with Gasteiger partial charge in [-0.1, -0.05) is 6.92 Å². The average Bonchev–Trinajstić information content (AvgIpc) is 2.77. The summed E-state index contributed by atoms with van der Waals surface area (Å²) in [6, 6.07) is 1.44. The second-order valence-electron chi connectivity index (χ2n) is 9.14. The van der Waals surface area contributed by atoms with E-state index in [0.29, 0.717) is 32.4 Å². The summed E-state index contributed by atoms with van der Waals surface area (Å²) >= 11 is 0. The Labute approximate surface area is 200 Å². The summed E-state index contributed by atoms with van der Waals surface area (Å²) in [5, 5.41) is 0. The van der Waals surface area contributed by atoms with E-state index in [1.807, 2.05) is 13.8 Å². The number of hydrogen-bond donors (Lipinski definition) is 2. The number of rotatable bonds is 5. The molecule has 4 N–H and O–H groups in total. The molecule has 0 aromatic carbocycles. The summed E-state index contributed by atoms with van der Waals surface area (Å²) in [4.78, 5) is 18.0. The number of pyridine rings is 1. The Hall–Kier alpha value is -2.37. The van der Waals surface area contributed by atoms with Crippen LogP contribution in [0.1, 0.15) is 58.6 Å². The van der Waals surface area contributed by atoms with Gasteiger partial charge in [0.25, 0.3) is 6.43 Å². The molecule has 1 aromatic rings. The Bertz CT molecular complexity index is 878. The van der Waals surface area contributed by atoms with E-state index in [4.69, 9.17) is 25.9 Å². The van der Waals surface area contributed by atoms with Crippen LogP contribution in [0.25, 0.3) is 0 Å². The molecule has 1 aromatic heterocycles. The Morgan fingerprint density at radius 2 is 1.65 bits per heavy atom. The number of anilines is 1. The first-order valence-electron chi connectivity index (χ1n) is 11.8. The predicted octanol–water partition coefficient (Wildman–Crippen LogP) is 2.62. The summed E-state index contributed by atoms with van der Waals surface area (Å²) in [5.74, 6) is 0.318. The van der Waals surface area contributed by atoms with Gasteiger partial charge >= 0.3 is 0 Å². The van der Waals surface area contributed by atoms with Crippen LogP contribution < -0.4 is 11.5 Å². The number of amidine groups is 1. The largest absolute Gasteiger partial charge is 0.384 e. The molecule has 0 amide bonds. The number of nitrogen functional groups attached to an aromatic ring is 1. The van der Waals surface area contributed by atoms with Gasteiger partial charge in [-0.2, -0.15) is 4.99 Å². The third-order valence-electron chi connectivity index (χ3n) is 6.30. The molecule has 3 heterocycles. The molecule has 0 bridgehead atoms. The number of nitrogens with two attached hydrogens (primary N) is 2. The lowest BCUT2D eigenvalue weighted by Crippen LogP contribution is -2.56. The minimum absolute atomic E-state index is 0.00231. The molecular weight excluding hydrogens is 444 g/mol. The first-order valence-corrected chi connectivity index (χ1v) is 11.8. The van der Waals surface area contributed by atoms with Gasteiger partial charge in [-0.15, -0.1) is 0 Å². The highest BCUT2D eigenvalue weighted by molar-refractivity contribution is 6.05. The van der Waals surface area contributed by atoms with Gasteiger partial charge in [0.2, 0.25) is 5.96 Å². The van der Waals surface area contributed by atoms with Crippen molar-refractivity contribution in [3.63, 3.8) is 0 Å². The molecule has 2 fully saturated rings. The number of aromatic nitrogens is 1. The first kappa shape index (κ1) is 26.2. The van der Waals surface area contributed by atoms with E-state index in [1.165, 1.54) is 6.20 Å². The third kappa shape index (κ3) is 5.81. The van der Waals surface area contributed by atoms with Crippen molar-refractivity contribution in [2.24, 2.45) is 15.7 Å². The lowest BCUT2D eigenvalue weighted by molar-refractivity contribution is -0.0578. The molecule has 0 unspecified atom stereocenters. The highest BCUT2D eigenvalue weighted by Crippen LogP contribution is 2.25. The lowest BCUT2D eigenvalue weighted by atomic mass is 10.1. The summed E-state index contributed by atoms with van der Waals surface area (Å²) in [6.45, 7) is 12.6. The van der Waals surface area contributed by atoms with Gasteiger partial charge in [0.15, 0.2) is 0 Å². The Morgan fingerprint density at radius 1 is 1.09 bits per heavy atom. The molecule has 0 spiro atoms. The lowest BCUT2D eigenvalue weighted by Gasteiger charge is -2.43. The fourth-order valence-electron chi connectivity index (χ4n) is 4.71. The van der Waals surface area contributed by atoms with E-state index in [9.17, 15) is 8.78 Å². The molecule has 2 aliphatic rings. The zero-order valence-electron chi connectivity index (χ0n) is 20.6. The van der Waals surface area contributed by atoms with Crippen LogP contribution in [-0.4, -0.2) is 83.3 Å². The smallest absolute Gasteiger partial charge is 0.264 e. The summed E-state index contributed by atoms with van der Waals surface area (Å²) in [7, 11) is 0. The van der Waals surface area contributed by atoms with E-state index in [-0.39, 0.29) is 53.1 Å². The highest BCUT2D eigenvalue weighted by atomic mass is 19.3. The molecule has 2 saturated heterocycles. The van der Waals surface area contributed by atoms with Gasteiger partial charge in [-0.25, -0.2) is 18.8 Å². The zero-order chi connectivity index (χ0) is 25.0. The van der Waals surface area contributed by atoms with Crippen LogP contribution in [0.4, 0.5) is 14.6 Å². The van der Waals surface area contributed by atoms with Gasteiger partial charge in [0.05, 0.1) is 38.5 Å². The number of ether oxygens (including phenoxy) is 2. The number of guanidine groups is 1. The first-order chi connectivity index (χ1) is 16.1. The number of nitrogens with zero attached hydrogens (tertiary/aromatic N) is 5. The van der Waals surface area contributed by atoms with Crippen molar-refractivity contribution in [2.75, 3.05) is 32.2 Å². The number of aliphatic imine (C=N–C) groups is 2. The molecule has 34 heavy (non-hydrogen) atoms. The Balaban J connectivity index is 2.09. The maximum absolute atomic E-state index is 13.7. The number of alkyl halides is 2. The van der Waals surface area contributed by atoms with Crippen molar-refractivity contribution in [1.82, 2.24) is 14.8 Å². The molecule has 0 aliphatic carbocycles. The zero-order valence-corrected chi connectivity index (χ0v) is 20.6. The van der Waals surface area contributed by atoms with Crippen LogP contribution in [0.2, 0.25) is 0 Å². The fourth-order valence-corrected chi connectivity index (χ4v) is 4.71. The SMILES string of the molecule is CC[C@@H](/N=C(\N=C(/N)c1cnc(N)cc1C(F)F)N1[C@@H](C)COC[C@@H]1C)N1[C@@H](C)COC[C@@H]1C. The third-order valence-corrected chi connectivity index (χ3v) is 6.30. The molecule has 3 rings (SSSR count). The van der Waals surface area contributed by atoms with Crippen LogP contribution in [-0.2, 0) is 9.47 Å². The predicted molar refractivity (Wildman–Crippen MR) is 129 cm³/mol. The maximum Gasteiger partial charge on any atom is 0.264 e. The second-order valence-corrected chi connectivity index (χ2v) is 9.14. The topological polar surface area (TPSA) is 115 Å². The second kappa shape index (κ2) is 11.4. The molecular formula is C23H37F2N7O2. The number of hydrogen-bond acceptors (Lipinski definition) is 6. The number of morpholine rings is 2. The summed E-state index contributed by atoms with van der Waals surface area (Å²) < 4.78 is 38.8. The van der Waals surface area contributed by atoms with Gasteiger partial charge in [0.1, 0.15) is 17.8 Å². The molecule has 2 aliphatic heterocycles. The van der Waals surface area contributed by atoms with Crippen LogP contribution in [0.15, 0.2) is 22.2 Å². The van der Waals surface area contributed by atoms with Crippen molar-refractivity contribution in [2.45, 2.75) is 77.8 Å². The van der Waals surface area contributed by atoms with E-state index < -0.39 is 6.43 Å². The van der Waals surface area contributed by atoms with E-state index in [1.54, 1.807) is 0 Å². The number of halogens is 2. The van der Waals surface area contributed by atoms with Gasteiger partial charge < -0.3 is 25.8 Å². The van der Waals surface area contributed by atoms with Crippen molar-refractivity contribution in [3.8, 4) is 0 Å². The van der Waals surface area contributed by atoms with Crippen molar-refractivity contribution in [1.29, 1.82) is 0 Å². The van der Waals surface area contributed by atoms with Crippen molar-refractivity contribution >= 4 is 17.6 Å². The average molecular weight is 482 g/mol. The van der Waals surface area contributed by atoms with Crippen LogP contribution in [0, 0.1) is 0 Å². The molecule has 11 heteroatoms.